The molecule has 94 valence electrons. The summed E-state index contributed by atoms with van der Waals surface area (Å²) in [6, 6.07) is 2.24. The van der Waals surface area contributed by atoms with Crippen LogP contribution in [0.3, 0.4) is 0 Å². The van der Waals surface area contributed by atoms with Crippen molar-refractivity contribution in [3.63, 3.8) is 0 Å². The molecule has 0 saturated carbocycles. The topological polar surface area (TPSA) is 83.5 Å². The van der Waals surface area contributed by atoms with Crippen molar-refractivity contribution in [2.24, 2.45) is 0 Å². The molecule has 0 aliphatic carbocycles. The van der Waals surface area contributed by atoms with Gasteiger partial charge in [-0.1, -0.05) is 6.92 Å². The van der Waals surface area contributed by atoms with E-state index in [1.54, 1.807) is 0 Å². The van der Waals surface area contributed by atoms with Crippen LogP contribution in [-0.4, -0.2) is 28.0 Å². The van der Waals surface area contributed by atoms with Gasteiger partial charge in [0.25, 0.3) is 0 Å². The maximum atomic E-state index is 13.5. The molecule has 0 amide bonds. The Balaban J connectivity index is 2.99. The summed E-state index contributed by atoms with van der Waals surface area (Å²) in [6.45, 7) is 1.84. The van der Waals surface area contributed by atoms with Crippen molar-refractivity contribution in [3.8, 4) is 0 Å². The summed E-state index contributed by atoms with van der Waals surface area (Å²) < 4.78 is 13.5. The molecule has 0 fully saturated rings. The molecule has 1 unspecified atom stereocenters. The van der Waals surface area contributed by atoms with Gasteiger partial charge in [0.1, 0.15) is 5.82 Å². The molecule has 0 spiro atoms. The minimum atomic E-state index is -1.18. The number of nitrogens with two attached hydrogens (primary N) is 1. The fourth-order valence-corrected chi connectivity index (χ4v) is 2.32. The van der Waals surface area contributed by atoms with E-state index in [1.165, 1.54) is 17.8 Å². The second kappa shape index (κ2) is 5.88. The maximum Gasteiger partial charge on any atom is 0.337 e. The highest BCUT2D eigenvalue weighted by atomic mass is 32.2. The Morgan fingerprint density at radius 1 is 1.59 bits per heavy atom. The highest BCUT2D eigenvalue weighted by Crippen LogP contribution is 2.30. The number of rotatable bonds is 5. The van der Waals surface area contributed by atoms with Gasteiger partial charge in [0.15, 0.2) is 0 Å². The average Bonchev–Trinajstić information content (AvgIpc) is 2.21. The lowest BCUT2D eigenvalue weighted by Crippen LogP contribution is -2.05. The number of halogens is 1. The molecule has 4 nitrogen and oxygen atoms in total. The Kier molecular flexibility index (Phi) is 4.77. The van der Waals surface area contributed by atoms with Crippen LogP contribution in [0.5, 0.6) is 0 Å². The Labute approximate surface area is 103 Å². The molecule has 0 aromatic heterocycles. The summed E-state index contributed by atoms with van der Waals surface area (Å²) in [7, 11) is 0. The van der Waals surface area contributed by atoms with Gasteiger partial charge < -0.3 is 15.9 Å². The molecule has 1 aromatic carbocycles. The van der Waals surface area contributed by atoms with Gasteiger partial charge in [-0.15, -0.1) is 11.8 Å². The number of hydrogen-bond acceptors (Lipinski definition) is 4. The third-order valence-corrected chi connectivity index (χ3v) is 3.40. The third kappa shape index (κ3) is 3.61. The second-order valence-corrected chi connectivity index (χ2v) is 5.10. The molecule has 1 rings (SSSR count). The molecule has 1 aromatic rings. The fraction of sp³-hybridized carbons (Fsp3) is 0.364. The Bertz CT molecular complexity index is 425. The van der Waals surface area contributed by atoms with Gasteiger partial charge in [0.05, 0.1) is 5.56 Å². The van der Waals surface area contributed by atoms with Crippen LogP contribution in [0.25, 0.3) is 0 Å². The van der Waals surface area contributed by atoms with Crippen LogP contribution in [0.1, 0.15) is 23.7 Å². The van der Waals surface area contributed by atoms with Crippen molar-refractivity contribution in [2.45, 2.75) is 23.5 Å². The standard InChI is InChI=1S/C11H14FNO3S/c1-6(2-3-14)17-10-4-7(11(15)16)9(13)5-8(10)12/h4-6,14H,2-3,13H2,1H3,(H,15,16). The molecular weight excluding hydrogens is 245 g/mol. The van der Waals surface area contributed by atoms with Gasteiger partial charge in [-0.3, -0.25) is 0 Å². The lowest BCUT2D eigenvalue weighted by molar-refractivity contribution is 0.0697. The quantitative estimate of drug-likeness (QED) is 0.556. The monoisotopic (exact) mass is 259 g/mol. The van der Waals surface area contributed by atoms with E-state index in [0.717, 1.165) is 6.07 Å². The van der Waals surface area contributed by atoms with E-state index in [2.05, 4.69) is 0 Å². The minimum Gasteiger partial charge on any atom is -0.478 e. The first kappa shape index (κ1) is 13.8. The predicted molar refractivity (Wildman–Crippen MR) is 64.8 cm³/mol. The summed E-state index contributed by atoms with van der Waals surface area (Å²) >= 11 is 1.18. The normalized spacial score (nSPS) is 12.4. The Morgan fingerprint density at radius 3 is 2.76 bits per heavy atom. The Hall–Kier alpha value is -1.27. The molecule has 0 bridgehead atoms. The number of hydrogen-bond donors (Lipinski definition) is 3. The molecule has 17 heavy (non-hydrogen) atoms. The van der Waals surface area contributed by atoms with Crippen molar-refractivity contribution in [1.82, 2.24) is 0 Å². The first-order chi connectivity index (χ1) is 7.95. The SMILES string of the molecule is CC(CCO)Sc1cc(C(=O)O)c(N)cc1F. The molecule has 1 atom stereocenters. The number of carboxylic acid groups (broad SMARTS) is 1. The summed E-state index contributed by atoms with van der Waals surface area (Å²) in [6.07, 6.45) is 0.511. The van der Waals surface area contributed by atoms with Crippen LogP contribution in [0, 0.1) is 5.82 Å². The molecule has 0 radical (unpaired) electrons. The molecule has 0 heterocycles. The van der Waals surface area contributed by atoms with E-state index in [9.17, 15) is 9.18 Å². The number of thioether (sulfide) groups is 1. The zero-order valence-corrected chi connectivity index (χ0v) is 10.1. The molecule has 4 N–H and O–H groups in total. The highest BCUT2D eigenvalue weighted by molar-refractivity contribution is 8.00. The van der Waals surface area contributed by atoms with Gasteiger partial charge in [-0.2, -0.15) is 0 Å². The molecule has 0 aliphatic heterocycles. The van der Waals surface area contributed by atoms with Crippen molar-refractivity contribution in [3.05, 3.63) is 23.5 Å². The molecule has 0 aliphatic rings. The summed E-state index contributed by atoms with van der Waals surface area (Å²) in [4.78, 5) is 11.1. The van der Waals surface area contributed by atoms with Crippen LogP contribution in [-0.2, 0) is 0 Å². The van der Waals surface area contributed by atoms with Crippen molar-refractivity contribution < 1.29 is 19.4 Å². The van der Waals surface area contributed by atoms with Crippen LogP contribution in [0.15, 0.2) is 17.0 Å². The maximum absolute atomic E-state index is 13.5. The second-order valence-electron chi connectivity index (χ2n) is 3.62. The number of carboxylic acids is 1. The van der Waals surface area contributed by atoms with E-state index in [0.29, 0.717) is 6.42 Å². The van der Waals surface area contributed by atoms with Gasteiger partial charge in [-0.25, -0.2) is 9.18 Å². The number of benzene rings is 1. The number of aromatic carboxylic acids is 1. The Morgan fingerprint density at radius 2 is 2.24 bits per heavy atom. The lowest BCUT2D eigenvalue weighted by atomic mass is 10.2. The molecular formula is C11H14FNO3S. The summed E-state index contributed by atoms with van der Waals surface area (Å²) in [5.74, 6) is -1.72. The first-order valence-corrected chi connectivity index (χ1v) is 5.93. The number of aliphatic hydroxyl groups excluding tert-OH is 1. The summed E-state index contributed by atoms with van der Waals surface area (Å²) in [5, 5.41) is 17.6. The minimum absolute atomic E-state index is 0.000214. The molecule has 0 saturated heterocycles. The van der Waals surface area contributed by atoms with Crippen LogP contribution in [0.2, 0.25) is 0 Å². The number of anilines is 1. The number of carbonyl (C=O) groups is 1. The van der Waals surface area contributed by atoms with Gasteiger partial charge in [-0.05, 0) is 18.6 Å². The van der Waals surface area contributed by atoms with Gasteiger partial charge in [0, 0.05) is 22.4 Å². The van der Waals surface area contributed by atoms with E-state index in [1.807, 2.05) is 6.92 Å². The van der Waals surface area contributed by atoms with Gasteiger partial charge in [0.2, 0.25) is 0 Å². The smallest absolute Gasteiger partial charge is 0.337 e. The number of aliphatic hydroxyl groups is 1. The number of nitrogen functional groups attached to an aromatic ring is 1. The third-order valence-electron chi connectivity index (χ3n) is 2.20. The van der Waals surface area contributed by atoms with Crippen molar-refractivity contribution >= 4 is 23.4 Å². The van der Waals surface area contributed by atoms with E-state index < -0.39 is 11.8 Å². The fourth-order valence-electron chi connectivity index (χ4n) is 1.30. The first-order valence-electron chi connectivity index (χ1n) is 5.05. The van der Waals surface area contributed by atoms with Crippen LogP contribution in [0.4, 0.5) is 10.1 Å². The predicted octanol–water partition coefficient (Wildman–Crippen LogP) is 1.97. The van der Waals surface area contributed by atoms with Crippen molar-refractivity contribution in [1.29, 1.82) is 0 Å². The highest BCUT2D eigenvalue weighted by Gasteiger charge is 2.15. The van der Waals surface area contributed by atoms with Crippen LogP contribution < -0.4 is 5.73 Å². The lowest BCUT2D eigenvalue weighted by Gasteiger charge is -2.11. The van der Waals surface area contributed by atoms with Gasteiger partial charge >= 0.3 is 5.97 Å². The van der Waals surface area contributed by atoms with Crippen LogP contribution >= 0.6 is 11.8 Å². The largest absolute Gasteiger partial charge is 0.478 e. The van der Waals surface area contributed by atoms with E-state index >= 15 is 0 Å². The summed E-state index contributed by atoms with van der Waals surface area (Å²) in [5.41, 5.74) is 5.22. The van der Waals surface area contributed by atoms with E-state index in [4.69, 9.17) is 15.9 Å². The zero-order chi connectivity index (χ0) is 13.0. The van der Waals surface area contributed by atoms with E-state index in [-0.39, 0.29) is 28.0 Å². The molecule has 6 heteroatoms. The zero-order valence-electron chi connectivity index (χ0n) is 9.31. The average molecular weight is 259 g/mol. The van der Waals surface area contributed by atoms with Crippen molar-refractivity contribution in [2.75, 3.05) is 12.3 Å².